The summed E-state index contributed by atoms with van der Waals surface area (Å²) in [6.07, 6.45) is 0. The first-order valence-electron chi connectivity index (χ1n) is 5.30. The van der Waals surface area contributed by atoms with Gasteiger partial charge in [-0.3, -0.25) is 0 Å². The zero-order valence-electron chi connectivity index (χ0n) is 9.70. The summed E-state index contributed by atoms with van der Waals surface area (Å²) in [4.78, 5) is 0. The average Bonchev–Trinajstić information content (AvgIpc) is 2.30. The van der Waals surface area contributed by atoms with Crippen LogP contribution in [0.2, 0.25) is 0 Å². The van der Waals surface area contributed by atoms with Crippen LogP contribution in [-0.2, 0) is 0 Å². The number of nitrogens with two attached hydrogens (primary N) is 4. The van der Waals surface area contributed by atoms with Gasteiger partial charge in [-0.05, 0) is 36.2 Å². The molecule has 4 heteroatoms. The van der Waals surface area contributed by atoms with Gasteiger partial charge >= 0.3 is 0 Å². The molecule has 8 N–H and O–H groups in total. The maximum Gasteiger partial charge on any atom is 0.0787 e. The fraction of sp³-hybridized carbons (Fsp3) is 0.0769. The number of benzene rings is 2. The lowest BCUT2D eigenvalue weighted by molar-refractivity contribution is 1.46. The van der Waals surface area contributed by atoms with E-state index in [1.807, 2.05) is 31.2 Å². The second kappa shape index (κ2) is 3.90. The summed E-state index contributed by atoms with van der Waals surface area (Å²) >= 11 is 0. The van der Waals surface area contributed by atoms with Crippen molar-refractivity contribution in [2.24, 2.45) is 0 Å². The minimum absolute atomic E-state index is 0.428. The van der Waals surface area contributed by atoms with Gasteiger partial charge in [-0.15, -0.1) is 0 Å². The third kappa shape index (κ3) is 1.85. The van der Waals surface area contributed by atoms with E-state index in [9.17, 15) is 0 Å². The quantitative estimate of drug-likeness (QED) is 0.560. The van der Waals surface area contributed by atoms with Crippen LogP contribution in [0.15, 0.2) is 30.3 Å². The van der Waals surface area contributed by atoms with Crippen LogP contribution in [0.1, 0.15) is 5.56 Å². The molecule has 2 rings (SSSR count). The van der Waals surface area contributed by atoms with E-state index in [4.69, 9.17) is 22.9 Å². The number of hydrogen-bond acceptors (Lipinski definition) is 4. The molecule has 0 aromatic heterocycles. The standard InChI is InChI=1S/C13H16N4/c1-7-6-8(2-4-10(7)14)9-3-5-11(15)13(17)12(9)16/h2-6H,14-17H2,1H3. The topological polar surface area (TPSA) is 104 Å². The van der Waals surface area contributed by atoms with E-state index in [-0.39, 0.29) is 0 Å². The van der Waals surface area contributed by atoms with Crippen molar-refractivity contribution in [3.05, 3.63) is 35.9 Å². The van der Waals surface area contributed by atoms with Gasteiger partial charge in [0, 0.05) is 11.3 Å². The van der Waals surface area contributed by atoms with E-state index < -0.39 is 0 Å². The average molecular weight is 228 g/mol. The number of anilines is 4. The number of nitrogen functional groups attached to an aromatic ring is 4. The highest BCUT2D eigenvalue weighted by atomic mass is 14.7. The Hall–Kier alpha value is -2.36. The van der Waals surface area contributed by atoms with Gasteiger partial charge in [0.05, 0.1) is 17.1 Å². The van der Waals surface area contributed by atoms with E-state index in [0.29, 0.717) is 17.1 Å². The highest BCUT2D eigenvalue weighted by molar-refractivity contribution is 5.90. The van der Waals surface area contributed by atoms with Crippen molar-refractivity contribution in [3.8, 4) is 11.1 Å². The normalized spacial score (nSPS) is 10.4. The molecule has 0 radical (unpaired) electrons. The Labute approximate surface area is 100 Å². The van der Waals surface area contributed by atoms with Crippen molar-refractivity contribution in [1.29, 1.82) is 0 Å². The van der Waals surface area contributed by atoms with E-state index in [0.717, 1.165) is 22.4 Å². The van der Waals surface area contributed by atoms with Crippen LogP contribution < -0.4 is 22.9 Å². The Balaban J connectivity index is 2.61. The largest absolute Gasteiger partial charge is 0.399 e. The molecule has 0 aliphatic carbocycles. The van der Waals surface area contributed by atoms with Gasteiger partial charge in [0.15, 0.2) is 0 Å². The Morgan fingerprint density at radius 3 is 2.06 bits per heavy atom. The van der Waals surface area contributed by atoms with Crippen molar-refractivity contribution in [2.75, 3.05) is 22.9 Å². The zero-order chi connectivity index (χ0) is 12.6. The minimum atomic E-state index is 0.428. The molecular weight excluding hydrogens is 212 g/mol. The molecule has 4 nitrogen and oxygen atoms in total. The number of aryl methyl sites for hydroxylation is 1. The van der Waals surface area contributed by atoms with Gasteiger partial charge in [0.1, 0.15) is 0 Å². The first-order chi connectivity index (χ1) is 8.00. The van der Waals surface area contributed by atoms with Crippen molar-refractivity contribution in [3.63, 3.8) is 0 Å². The maximum absolute atomic E-state index is 5.97. The van der Waals surface area contributed by atoms with Crippen LogP contribution in [0.3, 0.4) is 0 Å². The van der Waals surface area contributed by atoms with Crippen LogP contribution in [0.5, 0.6) is 0 Å². The Bertz CT molecular complexity index is 576. The lowest BCUT2D eigenvalue weighted by Gasteiger charge is -2.11. The molecule has 2 aromatic carbocycles. The Morgan fingerprint density at radius 1 is 0.765 bits per heavy atom. The molecule has 0 fully saturated rings. The molecule has 0 unspecified atom stereocenters. The van der Waals surface area contributed by atoms with Gasteiger partial charge < -0.3 is 22.9 Å². The molecule has 0 atom stereocenters. The van der Waals surface area contributed by atoms with Gasteiger partial charge in [-0.1, -0.05) is 12.1 Å². The lowest BCUT2D eigenvalue weighted by Crippen LogP contribution is -2.02. The summed E-state index contributed by atoms with van der Waals surface area (Å²) in [7, 11) is 0. The van der Waals surface area contributed by atoms with Crippen LogP contribution >= 0.6 is 0 Å². The SMILES string of the molecule is Cc1cc(-c2ccc(N)c(N)c2N)ccc1N. The third-order valence-corrected chi connectivity index (χ3v) is 2.90. The van der Waals surface area contributed by atoms with E-state index >= 15 is 0 Å². The van der Waals surface area contributed by atoms with Crippen LogP contribution in [0, 0.1) is 6.92 Å². The van der Waals surface area contributed by atoms with Gasteiger partial charge in [-0.25, -0.2) is 0 Å². The van der Waals surface area contributed by atoms with Crippen molar-refractivity contribution in [2.45, 2.75) is 6.92 Å². The second-order valence-corrected chi connectivity index (χ2v) is 4.10. The molecule has 0 aliphatic heterocycles. The van der Waals surface area contributed by atoms with Crippen LogP contribution in [0.4, 0.5) is 22.7 Å². The first kappa shape index (κ1) is 11.1. The second-order valence-electron chi connectivity index (χ2n) is 4.10. The molecule has 2 aromatic rings. The zero-order valence-corrected chi connectivity index (χ0v) is 9.70. The lowest BCUT2D eigenvalue weighted by atomic mass is 9.99. The van der Waals surface area contributed by atoms with E-state index in [1.165, 1.54) is 0 Å². The third-order valence-electron chi connectivity index (χ3n) is 2.90. The summed E-state index contributed by atoms with van der Waals surface area (Å²) < 4.78 is 0. The summed E-state index contributed by atoms with van der Waals surface area (Å²) in [5.74, 6) is 0. The number of hydrogen-bond donors (Lipinski definition) is 4. The molecule has 0 amide bonds. The van der Waals surface area contributed by atoms with Crippen LogP contribution in [0.25, 0.3) is 11.1 Å². The monoisotopic (exact) mass is 228 g/mol. The molecule has 0 saturated carbocycles. The van der Waals surface area contributed by atoms with Gasteiger partial charge in [0.2, 0.25) is 0 Å². The molecule has 0 aliphatic rings. The van der Waals surface area contributed by atoms with Crippen molar-refractivity contribution in [1.82, 2.24) is 0 Å². The maximum atomic E-state index is 5.97. The van der Waals surface area contributed by atoms with Crippen molar-refractivity contribution >= 4 is 22.7 Å². The van der Waals surface area contributed by atoms with Crippen LogP contribution in [-0.4, -0.2) is 0 Å². The van der Waals surface area contributed by atoms with E-state index in [2.05, 4.69) is 0 Å². The van der Waals surface area contributed by atoms with Gasteiger partial charge in [-0.2, -0.15) is 0 Å². The highest BCUT2D eigenvalue weighted by Gasteiger charge is 2.08. The summed E-state index contributed by atoms with van der Waals surface area (Å²) in [5.41, 5.74) is 28.3. The molecule has 0 bridgehead atoms. The van der Waals surface area contributed by atoms with E-state index in [1.54, 1.807) is 6.07 Å². The molecule has 0 saturated heterocycles. The van der Waals surface area contributed by atoms with Gasteiger partial charge in [0.25, 0.3) is 0 Å². The highest BCUT2D eigenvalue weighted by Crippen LogP contribution is 2.34. The predicted molar refractivity (Wildman–Crippen MR) is 74.3 cm³/mol. The molecule has 0 spiro atoms. The summed E-state index contributed by atoms with van der Waals surface area (Å²) in [6, 6.07) is 9.38. The number of rotatable bonds is 1. The first-order valence-corrected chi connectivity index (χ1v) is 5.30. The smallest absolute Gasteiger partial charge is 0.0787 e. The summed E-state index contributed by atoms with van der Waals surface area (Å²) in [6.45, 7) is 1.95. The predicted octanol–water partition coefficient (Wildman–Crippen LogP) is 1.99. The Morgan fingerprint density at radius 2 is 1.41 bits per heavy atom. The fourth-order valence-corrected chi connectivity index (χ4v) is 1.75. The van der Waals surface area contributed by atoms with Crippen molar-refractivity contribution < 1.29 is 0 Å². The fourth-order valence-electron chi connectivity index (χ4n) is 1.75. The molecule has 17 heavy (non-hydrogen) atoms. The molecular formula is C13H16N4. The molecule has 0 heterocycles. The minimum Gasteiger partial charge on any atom is -0.399 e. The summed E-state index contributed by atoms with van der Waals surface area (Å²) in [5, 5.41) is 0. The molecule has 88 valence electrons. The Kier molecular flexibility index (Phi) is 2.55.